The molecular formula is C15H21FN2O. The summed E-state index contributed by atoms with van der Waals surface area (Å²) in [6.45, 7) is 0.702. The van der Waals surface area contributed by atoms with Crippen LogP contribution in [-0.2, 0) is 11.2 Å². The lowest BCUT2D eigenvalue weighted by atomic mass is 9.86. The third-order valence-corrected chi connectivity index (χ3v) is 3.69. The Morgan fingerprint density at radius 2 is 2.05 bits per heavy atom. The zero-order chi connectivity index (χ0) is 13.7. The molecule has 1 aromatic rings. The lowest BCUT2D eigenvalue weighted by Gasteiger charge is -2.26. The van der Waals surface area contributed by atoms with Gasteiger partial charge in [0, 0.05) is 12.6 Å². The molecule has 0 radical (unpaired) electrons. The molecule has 2 unspecified atom stereocenters. The monoisotopic (exact) mass is 264 g/mol. The fourth-order valence-corrected chi connectivity index (χ4v) is 2.63. The van der Waals surface area contributed by atoms with Gasteiger partial charge < -0.3 is 11.1 Å². The quantitative estimate of drug-likeness (QED) is 0.874. The largest absolute Gasteiger partial charge is 0.356 e. The minimum atomic E-state index is -0.277. The van der Waals surface area contributed by atoms with Crippen molar-refractivity contribution in [1.29, 1.82) is 0 Å². The number of halogens is 1. The number of benzene rings is 1. The summed E-state index contributed by atoms with van der Waals surface area (Å²) in [5.41, 5.74) is 6.75. The summed E-state index contributed by atoms with van der Waals surface area (Å²) in [6, 6.07) is 6.33. The van der Waals surface area contributed by atoms with E-state index in [1.807, 2.05) is 0 Å². The first-order chi connectivity index (χ1) is 9.13. The van der Waals surface area contributed by atoms with Crippen molar-refractivity contribution in [3.05, 3.63) is 35.6 Å². The fourth-order valence-electron chi connectivity index (χ4n) is 2.63. The van der Waals surface area contributed by atoms with Crippen LogP contribution in [0.4, 0.5) is 4.39 Å². The van der Waals surface area contributed by atoms with E-state index in [9.17, 15) is 9.18 Å². The summed E-state index contributed by atoms with van der Waals surface area (Å²) >= 11 is 0. The molecule has 0 aliphatic heterocycles. The summed E-state index contributed by atoms with van der Waals surface area (Å²) in [6.07, 6.45) is 4.69. The Morgan fingerprint density at radius 1 is 1.32 bits per heavy atom. The third kappa shape index (κ3) is 4.63. The number of amides is 1. The predicted octanol–water partition coefficient (Wildman–Crippen LogP) is 2.00. The minimum Gasteiger partial charge on any atom is -0.356 e. The maximum Gasteiger partial charge on any atom is 0.224 e. The number of carbonyl (C=O) groups is 1. The molecular weight excluding hydrogens is 243 g/mol. The van der Waals surface area contributed by atoms with E-state index in [2.05, 4.69) is 5.32 Å². The van der Waals surface area contributed by atoms with Crippen molar-refractivity contribution in [2.75, 3.05) is 6.54 Å². The highest BCUT2D eigenvalue weighted by molar-refractivity contribution is 5.78. The summed E-state index contributed by atoms with van der Waals surface area (Å²) in [4.78, 5) is 11.8. The fraction of sp³-hybridized carbons (Fsp3) is 0.533. The van der Waals surface area contributed by atoms with E-state index in [0.29, 0.717) is 18.9 Å². The smallest absolute Gasteiger partial charge is 0.224 e. The zero-order valence-electron chi connectivity index (χ0n) is 11.1. The van der Waals surface area contributed by atoms with Crippen molar-refractivity contribution in [3.8, 4) is 0 Å². The second-order valence-corrected chi connectivity index (χ2v) is 5.40. The average Bonchev–Trinajstić information content (AvgIpc) is 2.39. The van der Waals surface area contributed by atoms with Gasteiger partial charge in [0.2, 0.25) is 5.91 Å². The maximum atomic E-state index is 12.7. The standard InChI is InChI=1S/C15H21FN2O/c16-13-6-4-11(5-7-13)9-15(19)18-10-12-2-1-3-14(17)8-12/h4-7,12,14H,1-3,8-10,17H2,(H,18,19). The SMILES string of the molecule is NC1CCCC(CNC(=O)Cc2ccc(F)cc2)C1. The Hall–Kier alpha value is -1.42. The molecule has 1 fully saturated rings. The zero-order valence-corrected chi connectivity index (χ0v) is 11.1. The molecule has 3 N–H and O–H groups in total. The van der Waals surface area contributed by atoms with Gasteiger partial charge in [0.15, 0.2) is 0 Å². The third-order valence-electron chi connectivity index (χ3n) is 3.69. The molecule has 1 aromatic carbocycles. The molecule has 104 valence electrons. The van der Waals surface area contributed by atoms with Crippen molar-refractivity contribution in [1.82, 2.24) is 5.32 Å². The Kier molecular flexibility index (Phi) is 4.91. The van der Waals surface area contributed by atoms with Crippen molar-refractivity contribution in [3.63, 3.8) is 0 Å². The molecule has 0 spiro atoms. The summed E-state index contributed by atoms with van der Waals surface area (Å²) in [7, 11) is 0. The van der Waals surface area contributed by atoms with Crippen molar-refractivity contribution < 1.29 is 9.18 Å². The Labute approximate surface area is 113 Å². The van der Waals surface area contributed by atoms with Gasteiger partial charge in [-0.15, -0.1) is 0 Å². The molecule has 0 bridgehead atoms. The van der Waals surface area contributed by atoms with Gasteiger partial charge >= 0.3 is 0 Å². The van der Waals surface area contributed by atoms with E-state index in [4.69, 9.17) is 5.73 Å². The van der Waals surface area contributed by atoms with E-state index in [-0.39, 0.29) is 17.8 Å². The van der Waals surface area contributed by atoms with Crippen LogP contribution in [0.1, 0.15) is 31.2 Å². The highest BCUT2D eigenvalue weighted by atomic mass is 19.1. The molecule has 2 rings (SSSR count). The molecule has 3 nitrogen and oxygen atoms in total. The Balaban J connectivity index is 1.73. The van der Waals surface area contributed by atoms with Crippen LogP contribution >= 0.6 is 0 Å². The Bertz CT molecular complexity index is 419. The molecule has 2 atom stereocenters. The first-order valence-corrected chi connectivity index (χ1v) is 6.90. The molecule has 1 amide bonds. The first-order valence-electron chi connectivity index (χ1n) is 6.90. The first kappa shape index (κ1) is 14.0. The summed E-state index contributed by atoms with van der Waals surface area (Å²) < 4.78 is 12.7. The average molecular weight is 264 g/mol. The molecule has 19 heavy (non-hydrogen) atoms. The number of hydrogen-bond donors (Lipinski definition) is 2. The van der Waals surface area contributed by atoms with Crippen LogP contribution in [0.3, 0.4) is 0 Å². The summed E-state index contributed by atoms with van der Waals surface area (Å²) in [5, 5.41) is 2.95. The number of rotatable bonds is 4. The highest BCUT2D eigenvalue weighted by Crippen LogP contribution is 2.22. The summed E-state index contributed by atoms with van der Waals surface area (Å²) in [5.74, 6) is 0.215. The number of nitrogens with two attached hydrogens (primary N) is 1. The van der Waals surface area contributed by atoms with Crippen molar-refractivity contribution in [2.45, 2.75) is 38.1 Å². The lowest BCUT2D eigenvalue weighted by molar-refractivity contribution is -0.120. The molecule has 0 saturated heterocycles. The molecule has 1 aliphatic carbocycles. The molecule has 1 saturated carbocycles. The van der Waals surface area contributed by atoms with Gasteiger partial charge in [-0.05, 0) is 42.9 Å². The van der Waals surface area contributed by atoms with E-state index >= 15 is 0 Å². The molecule has 0 heterocycles. The van der Waals surface area contributed by atoms with Gasteiger partial charge in [0.1, 0.15) is 5.82 Å². The van der Waals surface area contributed by atoms with Gasteiger partial charge in [-0.2, -0.15) is 0 Å². The number of hydrogen-bond acceptors (Lipinski definition) is 2. The van der Waals surface area contributed by atoms with E-state index < -0.39 is 0 Å². The van der Waals surface area contributed by atoms with Crippen LogP contribution in [-0.4, -0.2) is 18.5 Å². The van der Waals surface area contributed by atoms with Crippen LogP contribution in [0, 0.1) is 11.7 Å². The van der Waals surface area contributed by atoms with E-state index in [0.717, 1.165) is 31.2 Å². The molecule has 1 aliphatic rings. The second kappa shape index (κ2) is 6.66. The van der Waals surface area contributed by atoms with Gasteiger partial charge in [0.25, 0.3) is 0 Å². The predicted molar refractivity (Wildman–Crippen MR) is 73.0 cm³/mol. The molecule has 0 aromatic heterocycles. The van der Waals surface area contributed by atoms with Gasteiger partial charge in [0.05, 0.1) is 6.42 Å². The van der Waals surface area contributed by atoms with Crippen LogP contribution in [0.5, 0.6) is 0 Å². The highest BCUT2D eigenvalue weighted by Gasteiger charge is 2.19. The van der Waals surface area contributed by atoms with Crippen LogP contribution in [0.25, 0.3) is 0 Å². The van der Waals surface area contributed by atoms with Crippen molar-refractivity contribution in [2.24, 2.45) is 11.7 Å². The molecule has 4 heteroatoms. The minimum absolute atomic E-state index is 0.00856. The van der Waals surface area contributed by atoms with Crippen LogP contribution < -0.4 is 11.1 Å². The lowest BCUT2D eigenvalue weighted by Crippen LogP contribution is -2.36. The van der Waals surface area contributed by atoms with E-state index in [1.54, 1.807) is 12.1 Å². The Morgan fingerprint density at radius 3 is 2.74 bits per heavy atom. The number of nitrogens with one attached hydrogen (secondary N) is 1. The number of carbonyl (C=O) groups excluding carboxylic acids is 1. The van der Waals surface area contributed by atoms with Gasteiger partial charge in [-0.1, -0.05) is 18.6 Å². The normalized spacial score (nSPS) is 23.1. The topological polar surface area (TPSA) is 55.1 Å². The van der Waals surface area contributed by atoms with E-state index in [1.165, 1.54) is 12.1 Å². The van der Waals surface area contributed by atoms with Crippen molar-refractivity contribution >= 4 is 5.91 Å². The maximum absolute atomic E-state index is 12.7. The van der Waals surface area contributed by atoms with Gasteiger partial charge in [-0.3, -0.25) is 4.79 Å². The second-order valence-electron chi connectivity index (χ2n) is 5.40. The van der Waals surface area contributed by atoms with Crippen LogP contribution in [0.2, 0.25) is 0 Å². The van der Waals surface area contributed by atoms with Gasteiger partial charge in [-0.25, -0.2) is 4.39 Å². The van der Waals surface area contributed by atoms with Crippen LogP contribution in [0.15, 0.2) is 24.3 Å².